The normalized spacial score (nSPS) is 25.2. The minimum atomic E-state index is -2.12. The molecular formula is C9H7FIN5O4. The highest BCUT2D eigenvalue weighted by Gasteiger charge is 2.51. The maximum absolute atomic E-state index is 14.1. The van der Waals surface area contributed by atoms with Gasteiger partial charge in [-0.15, -0.1) is 0 Å². The number of H-pyrrole nitrogens is 1. The van der Waals surface area contributed by atoms with Gasteiger partial charge in [0.1, 0.15) is 0 Å². The maximum atomic E-state index is 14.1. The Kier molecular flexibility index (Phi) is 3.72. The quantitative estimate of drug-likeness (QED) is 0.260. The molecule has 11 heteroatoms. The summed E-state index contributed by atoms with van der Waals surface area (Å²) in [5.41, 5.74) is 4.92. The lowest BCUT2D eigenvalue weighted by Crippen LogP contribution is -2.38. The van der Waals surface area contributed by atoms with E-state index in [4.69, 9.17) is 10.3 Å². The van der Waals surface area contributed by atoms with Crippen LogP contribution in [0.1, 0.15) is 0 Å². The standard InChI is InChI=1S/C9H7FIN5O4/c10-6-5(18)7(20-9(6,3-11)14-15-12)16-2-1-4(17)13-8(16)19/h1-2,6,18H,3H2,(H,13,17,19)/t6-,9+/m0/s1. The van der Waals surface area contributed by atoms with Gasteiger partial charge in [0.2, 0.25) is 17.8 Å². The lowest BCUT2D eigenvalue weighted by Gasteiger charge is -2.23. The van der Waals surface area contributed by atoms with Crippen LogP contribution < -0.4 is 11.2 Å². The van der Waals surface area contributed by atoms with Crippen LogP contribution in [0.3, 0.4) is 0 Å². The fourth-order valence-corrected chi connectivity index (χ4v) is 2.31. The van der Waals surface area contributed by atoms with Gasteiger partial charge in [0.05, 0.1) is 0 Å². The Morgan fingerprint density at radius 2 is 2.40 bits per heavy atom. The first kappa shape index (κ1) is 14.4. The molecule has 1 aliphatic rings. The highest BCUT2D eigenvalue weighted by atomic mass is 127. The molecule has 0 bridgehead atoms. The van der Waals surface area contributed by atoms with Gasteiger partial charge in [0, 0.05) is 21.6 Å². The lowest BCUT2D eigenvalue weighted by atomic mass is 10.1. The second-order valence-corrected chi connectivity index (χ2v) is 4.57. The maximum Gasteiger partial charge on any atom is 0.335 e. The van der Waals surface area contributed by atoms with Crippen LogP contribution in [0.25, 0.3) is 16.3 Å². The van der Waals surface area contributed by atoms with Gasteiger partial charge in [-0.2, -0.15) is 0 Å². The van der Waals surface area contributed by atoms with Crippen LogP contribution in [0.2, 0.25) is 0 Å². The molecule has 1 aromatic rings. The van der Waals surface area contributed by atoms with E-state index in [0.29, 0.717) is 4.57 Å². The Labute approximate surface area is 123 Å². The summed E-state index contributed by atoms with van der Waals surface area (Å²) in [6.07, 6.45) is -1.11. The molecule has 2 N–H and O–H groups in total. The smallest absolute Gasteiger partial charge is 0.335 e. The molecule has 0 fully saturated rings. The predicted molar refractivity (Wildman–Crippen MR) is 73.9 cm³/mol. The van der Waals surface area contributed by atoms with E-state index in [1.165, 1.54) is 0 Å². The minimum Gasteiger partial charge on any atom is -0.505 e. The van der Waals surface area contributed by atoms with Gasteiger partial charge in [-0.05, 0) is 10.6 Å². The van der Waals surface area contributed by atoms with Gasteiger partial charge in [-0.25, -0.2) is 13.8 Å². The van der Waals surface area contributed by atoms with Gasteiger partial charge in [0.15, 0.2) is 5.76 Å². The number of aromatic amines is 1. The molecule has 0 amide bonds. The van der Waals surface area contributed by atoms with Crippen molar-refractivity contribution in [2.45, 2.75) is 11.9 Å². The number of azide groups is 1. The Bertz CT molecular complexity index is 736. The van der Waals surface area contributed by atoms with Crippen molar-refractivity contribution >= 4 is 28.5 Å². The Morgan fingerprint density at radius 1 is 1.70 bits per heavy atom. The van der Waals surface area contributed by atoms with Crippen LogP contribution in [0.5, 0.6) is 0 Å². The first-order valence-electron chi connectivity index (χ1n) is 5.16. The topological polar surface area (TPSA) is 133 Å². The van der Waals surface area contributed by atoms with E-state index in [1.807, 2.05) is 4.98 Å². The van der Waals surface area contributed by atoms with E-state index >= 15 is 0 Å². The third-order valence-corrected chi connectivity index (χ3v) is 3.67. The number of nitrogens with zero attached hydrogens (tertiary/aromatic N) is 4. The molecule has 0 aromatic carbocycles. The van der Waals surface area contributed by atoms with Crippen LogP contribution >= 0.6 is 22.6 Å². The molecule has 9 nitrogen and oxygen atoms in total. The summed E-state index contributed by atoms with van der Waals surface area (Å²) >= 11 is 1.72. The number of aromatic nitrogens is 2. The van der Waals surface area contributed by atoms with Crippen molar-refractivity contribution < 1.29 is 14.2 Å². The zero-order valence-electron chi connectivity index (χ0n) is 9.66. The minimum absolute atomic E-state index is 0.0956. The van der Waals surface area contributed by atoms with Crippen molar-refractivity contribution in [1.29, 1.82) is 0 Å². The number of nitrogens with one attached hydrogen (secondary N) is 1. The number of hydrogen-bond donors (Lipinski definition) is 2. The van der Waals surface area contributed by atoms with Crippen LogP contribution in [0, 0.1) is 0 Å². The van der Waals surface area contributed by atoms with E-state index in [2.05, 4.69) is 10.0 Å². The molecule has 0 aliphatic carbocycles. The van der Waals surface area contributed by atoms with Crippen LogP contribution in [0.4, 0.5) is 4.39 Å². The van der Waals surface area contributed by atoms with Crippen LogP contribution in [-0.4, -0.2) is 31.0 Å². The molecule has 106 valence electrons. The highest BCUT2D eigenvalue weighted by Crippen LogP contribution is 2.39. The third kappa shape index (κ3) is 2.14. The van der Waals surface area contributed by atoms with Crippen LogP contribution in [-0.2, 0) is 4.74 Å². The molecule has 2 atom stereocenters. The van der Waals surface area contributed by atoms with Crippen molar-refractivity contribution in [2.24, 2.45) is 5.11 Å². The van der Waals surface area contributed by atoms with E-state index in [0.717, 1.165) is 12.3 Å². The summed E-state index contributed by atoms with van der Waals surface area (Å²) in [5, 5.41) is 13.0. The van der Waals surface area contributed by atoms with Gasteiger partial charge in [0.25, 0.3) is 5.56 Å². The van der Waals surface area contributed by atoms with Crippen molar-refractivity contribution in [1.82, 2.24) is 9.55 Å². The summed E-state index contributed by atoms with van der Waals surface area (Å²) < 4.78 is 19.8. The number of ether oxygens (including phenoxy) is 1. The monoisotopic (exact) mass is 395 g/mol. The third-order valence-electron chi connectivity index (χ3n) is 2.58. The number of halogens is 2. The van der Waals surface area contributed by atoms with E-state index in [-0.39, 0.29) is 4.43 Å². The second-order valence-electron chi connectivity index (χ2n) is 3.80. The largest absolute Gasteiger partial charge is 0.505 e. The average Bonchev–Trinajstić information content (AvgIpc) is 2.65. The van der Waals surface area contributed by atoms with Gasteiger partial charge < -0.3 is 9.84 Å². The average molecular weight is 395 g/mol. The Hall–Kier alpha value is -2.01. The van der Waals surface area contributed by atoms with Crippen molar-refractivity contribution in [3.63, 3.8) is 0 Å². The summed E-state index contributed by atoms with van der Waals surface area (Å²) in [6, 6.07) is 0.996. The molecule has 0 saturated heterocycles. The predicted octanol–water partition coefficient (Wildman–Crippen LogP) is 1.03. The zero-order chi connectivity index (χ0) is 14.9. The molecule has 0 saturated carbocycles. The fraction of sp³-hybridized carbons (Fsp3) is 0.333. The van der Waals surface area contributed by atoms with Gasteiger partial charge in [-0.1, -0.05) is 22.6 Å². The Balaban J connectivity index is 2.56. The summed E-state index contributed by atoms with van der Waals surface area (Å²) in [6.45, 7) is 0. The number of hydrogen-bond acceptors (Lipinski definition) is 5. The first-order chi connectivity index (χ1) is 9.45. The SMILES string of the molecule is [N-]=[N+]=N[C@]1(CI)OC(n2ccc(=O)[nH]c2=O)=C(O)[C@@H]1F. The summed E-state index contributed by atoms with van der Waals surface area (Å²) in [7, 11) is 0. The Morgan fingerprint density at radius 3 is 2.95 bits per heavy atom. The number of alkyl halides is 2. The molecule has 1 aliphatic heterocycles. The van der Waals surface area contributed by atoms with E-state index in [1.54, 1.807) is 22.6 Å². The first-order valence-corrected chi connectivity index (χ1v) is 6.68. The summed E-state index contributed by atoms with van der Waals surface area (Å²) in [5.74, 6) is -1.41. The van der Waals surface area contributed by atoms with Gasteiger partial charge >= 0.3 is 5.69 Å². The molecule has 0 radical (unpaired) electrons. The molecule has 2 heterocycles. The lowest BCUT2D eigenvalue weighted by molar-refractivity contribution is 0.0231. The van der Waals surface area contributed by atoms with Crippen LogP contribution in [0.15, 0.2) is 32.7 Å². The highest BCUT2D eigenvalue weighted by molar-refractivity contribution is 14.1. The van der Waals surface area contributed by atoms with Crippen molar-refractivity contribution in [3.8, 4) is 0 Å². The van der Waals surface area contributed by atoms with Crippen molar-refractivity contribution in [3.05, 3.63) is 49.3 Å². The molecule has 0 spiro atoms. The molecule has 2 rings (SSSR count). The number of aliphatic hydroxyl groups excluding tert-OH is 1. The summed E-state index contributed by atoms with van der Waals surface area (Å²) in [4.78, 5) is 27.0. The second kappa shape index (κ2) is 5.17. The molecule has 20 heavy (non-hydrogen) atoms. The molecular weight excluding hydrogens is 388 g/mol. The van der Waals surface area contributed by atoms with E-state index in [9.17, 15) is 19.1 Å². The number of rotatable bonds is 3. The molecule has 1 aromatic heterocycles. The fourth-order valence-electron chi connectivity index (χ4n) is 1.61. The van der Waals surface area contributed by atoms with Gasteiger partial charge in [-0.3, -0.25) is 9.78 Å². The number of aliphatic hydroxyl groups is 1. The van der Waals surface area contributed by atoms with Crippen molar-refractivity contribution in [2.75, 3.05) is 4.43 Å². The van der Waals surface area contributed by atoms with E-state index < -0.39 is 34.8 Å². The molecule has 0 unspecified atom stereocenters. The zero-order valence-corrected chi connectivity index (χ0v) is 11.8.